The minimum Gasteiger partial charge on any atom is -0.493 e. The van der Waals surface area contributed by atoms with Gasteiger partial charge in [0.05, 0.1) is 18.7 Å². The van der Waals surface area contributed by atoms with Crippen LogP contribution in [-0.2, 0) is 9.53 Å². The van der Waals surface area contributed by atoms with Crippen LogP contribution in [0.15, 0.2) is 53.2 Å². The van der Waals surface area contributed by atoms with E-state index in [2.05, 4.69) is 4.99 Å². The molecule has 0 unspecified atom stereocenters. The molecule has 3 rings (SSSR count). The molecule has 0 saturated carbocycles. The highest BCUT2D eigenvalue weighted by Crippen LogP contribution is 2.37. The molecule has 2 aromatic carbocycles. The molecule has 0 fully saturated rings. The van der Waals surface area contributed by atoms with Gasteiger partial charge in [-0.25, -0.2) is 9.79 Å². The molecule has 1 heterocycles. The third-order valence-corrected chi connectivity index (χ3v) is 3.93. The van der Waals surface area contributed by atoms with Crippen LogP contribution < -0.4 is 9.47 Å². The summed E-state index contributed by atoms with van der Waals surface area (Å²) < 4.78 is 16.2. The first-order valence-corrected chi connectivity index (χ1v) is 8.58. The Morgan fingerprint density at radius 2 is 2.00 bits per heavy atom. The quantitative estimate of drug-likeness (QED) is 0.555. The molecular weight excluding hydrogens is 354 g/mol. The van der Waals surface area contributed by atoms with Crippen molar-refractivity contribution >= 4 is 29.5 Å². The van der Waals surface area contributed by atoms with E-state index in [0.717, 1.165) is 12.0 Å². The number of rotatable bonds is 6. The van der Waals surface area contributed by atoms with Gasteiger partial charge in [-0.3, -0.25) is 0 Å². The van der Waals surface area contributed by atoms with Crippen molar-refractivity contribution in [1.29, 1.82) is 0 Å². The zero-order valence-corrected chi connectivity index (χ0v) is 15.2. The van der Waals surface area contributed by atoms with Gasteiger partial charge in [0.1, 0.15) is 0 Å². The number of hydrogen-bond acceptors (Lipinski definition) is 5. The number of nitrogens with zero attached hydrogens (tertiary/aromatic N) is 1. The van der Waals surface area contributed by atoms with Gasteiger partial charge in [-0.2, -0.15) is 0 Å². The summed E-state index contributed by atoms with van der Waals surface area (Å²) in [4.78, 5) is 16.4. The second-order valence-corrected chi connectivity index (χ2v) is 5.99. The molecule has 26 heavy (non-hydrogen) atoms. The molecule has 0 atom stereocenters. The van der Waals surface area contributed by atoms with E-state index in [4.69, 9.17) is 25.8 Å². The van der Waals surface area contributed by atoms with Gasteiger partial charge in [0.2, 0.25) is 5.90 Å². The summed E-state index contributed by atoms with van der Waals surface area (Å²) in [5, 5.41) is 0.406. The fraction of sp³-hybridized carbons (Fsp3) is 0.200. The Morgan fingerprint density at radius 3 is 2.69 bits per heavy atom. The molecule has 134 valence electrons. The van der Waals surface area contributed by atoms with Gasteiger partial charge in [0.25, 0.3) is 0 Å². The number of esters is 1. The Bertz CT molecular complexity index is 875. The lowest BCUT2D eigenvalue weighted by Crippen LogP contribution is -2.05. The monoisotopic (exact) mass is 371 g/mol. The molecule has 0 saturated heterocycles. The number of ether oxygens (including phenoxy) is 3. The van der Waals surface area contributed by atoms with Crippen molar-refractivity contribution in [3.05, 3.63) is 64.3 Å². The van der Waals surface area contributed by atoms with Crippen molar-refractivity contribution in [2.24, 2.45) is 4.99 Å². The molecule has 0 aromatic heterocycles. The van der Waals surface area contributed by atoms with Gasteiger partial charge in [-0.05, 0) is 42.3 Å². The molecule has 0 aliphatic carbocycles. The SMILES string of the molecule is CCCOc1c(Cl)cc(/C=C2/N=C(c3ccccc3)OC2=O)cc1OC. The summed E-state index contributed by atoms with van der Waals surface area (Å²) in [5.74, 6) is 0.755. The average molecular weight is 372 g/mol. The van der Waals surface area contributed by atoms with Crippen molar-refractivity contribution in [1.82, 2.24) is 0 Å². The number of benzene rings is 2. The molecule has 0 spiro atoms. The molecular formula is C20H18ClNO4. The van der Waals surface area contributed by atoms with Crippen molar-refractivity contribution in [3.8, 4) is 11.5 Å². The summed E-state index contributed by atoms with van der Waals surface area (Å²) in [5.41, 5.74) is 1.60. The molecule has 0 bridgehead atoms. The van der Waals surface area contributed by atoms with Crippen LogP contribution in [0.4, 0.5) is 0 Å². The first-order chi connectivity index (χ1) is 12.6. The van der Waals surface area contributed by atoms with Crippen molar-refractivity contribution in [2.75, 3.05) is 13.7 Å². The number of halogens is 1. The molecule has 1 aliphatic heterocycles. The minimum absolute atomic E-state index is 0.198. The summed E-state index contributed by atoms with van der Waals surface area (Å²) in [6, 6.07) is 12.7. The highest BCUT2D eigenvalue weighted by Gasteiger charge is 2.24. The highest BCUT2D eigenvalue weighted by molar-refractivity contribution is 6.32. The number of cyclic esters (lactones) is 1. The molecule has 5 nitrogen and oxygen atoms in total. The fourth-order valence-corrected chi connectivity index (χ4v) is 2.71. The van der Waals surface area contributed by atoms with Crippen LogP contribution in [-0.4, -0.2) is 25.6 Å². The number of hydrogen-bond donors (Lipinski definition) is 0. The molecule has 1 aliphatic rings. The van der Waals surface area contributed by atoms with Gasteiger partial charge in [0.15, 0.2) is 17.2 Å². The first kappa shape index (κ1) is 18.0. The highest BCUT2D eigenvalue weighted by atomic mass is 35.5. The van der Waals surface area contributed by atoms with Crippen LogP contribution >= 0.6 is 11.6 Å². The zero-order chi connectivity index (χ0) is 18.5. The third-order valence-electron chi connectivity index (χ3n) is 3.65. The largest absolute Gasteiger partial charge is 0.493 e. The Morgan fingerprint density at radius 1 is 1.23 bits per heavy atom. The first-order valence-electron chi connectivity index (χ1n) is 8.20. The Labute approximate surface area is 156 Å². The van der Waals surface area contributed by atoms with E-state index in [9.17, 15) is 4.79 Å². The summed E-state index contributed by atoms with van der Waals surface area (Å²) in [6.45, 7) is 2.54. The van der Waals surface area contributed by atoms with Crippen LogP contribution in [0.2, 0.25) is 5.02 Å². The number of carbonyl (C=O) groups is 1. The molecule has 0 radical (unpaired) electrons. The van der Waals surface area contributed by atoms with Gasteiger partial charge in [-0.1, -0.05) is 36.7 Å². The second-order valence-electron chi connectivity index (χ2n) is 5.58. The maximum Gasteiger partial charge on any atom is 0.363 e. The van der Waals surface area contributed by atoms with Crippen LogP contribution in [0.1, 0.15) is 24.5 Å². The van der Waals surface area contributed by atoms with Crippen LogP contribution in [0, 0.1) is 0 Å². The van der Waals surface area contributed by atoms with E-state index in [1.165, 1.54) is 7.11 Å². The average Bonchev–Trinajstić information content (AvgIpc) is 3.02. The zero-order valence-electron chi connectivity index (χ0n) is 14.5. The Kier molecular flexibility index (Phi) is 5.58. The summed E-state index contributed by atoms with van der Waals surface area (Å²) in [6.07, 6.45) is 2.46. The predicted molar refractivity (Wildman–Crippen MR) is 101 cm³/mol. The lowest BCUT2D eigenvalue weighted by atomic mass is 10.1. The number of carbonyl (C=O) groups excluding carboxylic acids is 1. The van der Waals surface area contributed by atoms with Crippen molar-refractivity contribution in [2.45, 2.75) is 13.3 Å². The van der Waals surface area contributed by atoms with E-state index >= 15 is 0 Å². The smallest absolute Gasteiger partial charge is 0.363 e. The standard InChI is InChI=1S/C20H18ClNO4/c1-3-9-25-18-15(21)10-13(12-17(18)24-2)11-16-20(23)26-19(22-16)14-7-5-4-6-8-14/h4-8,10-12H,3,9H2,1-2H3/b16-11+. The number of methoxy groups -OCH3 is 1. The predicted octanol–water partition coefficient (Wildman–Crippen LogP) is 4.48. The van der Waals surface area contributed by atoms with Crippen molar-refractivity contribution in [3.63, 3.8) is 0 Å². The topological polar surface area (TPSA) is 57.1 Å². The van der Waals surface area contributed by atoms with E-state index in [0.29, 0.717) is 28.7 Å². The molecule has 2 aromatic rings. The van der Waals surface area contributed by atoms with E-state index in [1.54, 1.807) is 18.2 Å². The fourth-order valence-electron chi connectivity index (χ4n) is 2.44. The van der Waals surface area contributed by atoms with E-state index in [-0.39, 0.29) is 11.6 Å². The van der Waals surface area contributed by atoms with Gasteiger partial charge >= 0.3 is 5.97 Å². The lowest BCUT2D eigenvalue weighted by Gasteiger charge is -2.12. The molecule has 6 heteroatoms. The third kappa shape index (κ3) is 3.89. The lowest BCUT2D eigenvalue weighted by molar-refractivity contribution is -0.129. The summed E-state index contributed by atoms with van der Waals surface area (Å²) >= 11 is 6.31. The normalized spacial score (nSPS) is 15.0. The van der Waals surface area contributed by atoms with Crippen LogP contribution in [0.25, 0.3) is 6.08 Å². The van der Waals surface area contributed by atoms with E-state index < -0.39 is 5.97 Å². The Hall–Kier alpha value is -2.79. The molecule has 0 N–H and O–H groups in total. The Balaban J connectivity index is 1.93. The maximum atomic E-state index is 12.1. The maximum absolute atomic E-state index is 12.1. The van der Waals surface area contributed by atoms with Gasteiger partial charge < -0.3 is 14.2 Å². The summed E-state index contributed by atoms with van der Waals surface area (Å²) in [7, 11) is 1.54. The van der Waals surface area contributed by atoms with Gasteiger partial charge in [0, 0.05) is 5.56 Å². The minimum atomic E-state index is -0.509. The van der Waals surface area contributed by atoms with Crippen molar-refractivity contribution < 1.29 is 19.0 Å². The molecule has 0 amide bonds. The second kappa shape index (κ2) is 8.06. The van der Waals surface area contributed by atoms with E-state index in [1.807, 2.05) is 37.3 Å². The number of aliphatic imine (C=N–C) groups is 1. The van der Waals surface area contributed by atoms with Crippen LogP contribution in [0.5, 0.6) is 11.5 Å². The van der Waals surface area contributed by atoms with Gasteiger partial charge in [-0.15, -0.1) is 0 Å². The van der Waals surface area contributed by atoms with Crippen LogP contribution in [0.3, 0.4) is 0 Å².